The first-order valence-corrected chi connectivity index (χ1v) is 6.85. The molecule has 1 aliphatic heterocycles. The van der Waals surface area contributed by atoms with E-state index in [4.69, 9.17) is 4.74 Å². The summed E-state index contributed by atoms with van der Waals surface area (Å²) in [6.45, 7) is 1.22. The van der Waals surface area contributed by atoms with Crippen molar-refractivity contribution in [1.82, 2.24) is 0 Å². The van der Waals surface area contributed by atoms with Crippen molar-refractivity contribution in [2.45, 2.75) is 18.0 Å². The smallest absolute Gasteiger partial charge is 0.130 e. The molecule has 0 N–H and O–H groups in total. The third kappa shape index (κ3) is 2.42. The molecule has 1 heterocycles. The van der Waals surface area contributed by atoms with Crippen molar-refractivity contribution in [3.63, 3.8) is 0 Å². The van der Waals surface area contributed by atoms with Crippen molar-refractivity contribution in [3.8, 4) is 0 Å². The van der Waals surface area contributed by atoms with Crippen molar-refractivity contribution in [2.24, 2.45) is 0 Å². The second kappa shape index (κ2) is 5.02. The summed E-state index contributed by atoms with van der Waals surface area (Å²) in [5, 5.41) is 0. The van der Waals surface area contributed by atoms with Gasteiger partial charge in [-0.05, 0) is 22.8 Å². The molecule has 0 saturated heterocycles. The number of rotatable bonds is 2. The molecule has 1 nitrogen and oxygen atoms in total. The molecule has 1 unspecified atom stereocenters. The molecular formula is C15H11BrF2O. The maximum absolute atomic E-state index is 13.8. The van der Waals surface area contributed by atoms with Gasteiger partial charge in [-0.2, -0.15) is 0 Å². The molecule has 0 radical (unpaired) electrons. The third-order valence-electron chi connectivity index (χ3n) is 3.27. The molecule has 0 aromatic heterocycles. The van der Waals surface area contributed by atoms with Crippen molar-refractivity contribution in [3.05, 3.63) is 70.3 Å². The van der Waals surface area contributed by atoms with Gasteiger partial charge in [-0.15, -0.1) is 0 Å². The van der Waals surface area contributed by atoms with E-state index < -0.39 is 11.6 Å². The van der Waals surface area contributed by atoms with Crippen LogP contribution in [0.4, 0.5) is 8.78 Å². The van der Waals surface area contributed by atoms with Gasteiger partial charge in [-0.25, -0.2) is 8.78 Å². The standard InChI is InChI=1S/C15H11BrF2O/c16-15(13-4-3-12(17)6-14(13)18)9-1-2-10-7-19-8-11(10)5-9/h1-6,15H,7-8H2. The molecule has 1 aliphatic rings. The normalized spacial score (nSPS) is 15.3. The van der Waals surface area contributed by atoms with E-state index in [0.717, 1.165) is 17.2 Å². The molecule has 0 aliphatic carbocycles. The number of alkyl halides is 1. The minimum atomic E-state index is -0.566. The second-order valence-electron chi connectivity index (χ2n) is 4.55. The minimum Gasteiger partial charge on any atom is -0.372 e. The van der Waals surface area contributed by atoms with E-state index in [0.29, 0.717) is 18.8 Å². The van der Waals surface area contributed by atoms with Gasteiger partial charge in [0.05, 0.1) is 18.0 Å². The number of hydrogen-bond acceptors (Lipinski definition) is 1. The first kappa shape index (κ1) is 12.8. The van der Waals surface area contributed by atoms with Crippen LogP contribution in [-0.4, -0.2) is 0 Å². The van der Waals surface area contributed by atoms with Crippen LogP contribution in [-0.2, 0) is 18.0 Å². The van der Waals surface area contributed by atoms with Gasteiger partial charge in [-0.1, -0.05) is 40.2 Å². The highest BCUT2D eigenvalue weighted by Gasteiger charge is 2.18. The van der Waals surface area contributed by atoms with Gasteiger partial charge in [0.25, 0.3) is 0 Å². The van der Waals surface area contributed by atoms with Crippen molar-refractivity contribution < 1.29 is 13.5 Å². The fraction of sp³-hybridized carbons (Fsp3) is 0.200. The first-order valence-electron chi connectivity index (χ1n) is 5.93. The van der Waals surface area contributed by atoms with E-state index >= 15 is 0 Å². The van der Waals surface area contributed by atoms with E-state index in [-0.39, 0.29) is 4.83 Å². The van der Waals surface area contributed by atoms with Crippen molar-refractivity contribution >= 4 is 15.9 Å². The van der Waals surface area contributed by atoms with Crippen LogP contribution >= 0.6 is 15.9 Å². The summed E-state index contributed by atoms with van der Waals surface area (Å²) in [6.07, 6.45) is 0. The Hall–Kier alpha value is -1.26. The van der Waals surface area contributed by atoms with Crippen molar-refractivity contribution in [2.75, 3.05) is 0 Å². The molecule has 2 aromatic rings. The van der Waals surface area contributed by atoms with E-state index in [2.05, 4.69) is 15.9 Å². The van der Waals surface area contributed by atoms with Crippen LogP contribution < -0.4 is 0 Å². The molecule has 0 amide bonds. The van der Waals surface area contributed by atoms with Crippen molar-refractivity contribution in [1.29, 1.82) is 0 Å². The van der Waals surface area contributed by atoms with Gasteiger partial charge in [-0.3, -0.25) is 0 Å². The highest BCUT2D eigenvalue weighted by molar-refractivity contribution is 9.09. The van der Waals surface area contributed by atoms with E-state index in [1.807, 2.05) is 18.2 Å². The van der Waals surface area contributed by atoms with Crippen LogP contribution in [0.3, 0.4) is 0 Å². The van der Waals surface area contributed by atoms with Gasteiger partial charge in [0.2, 0.25) is 0 Å². The first-order chi connectivity index (χ1) is 9.15. The Balaban J connectivity index is 1.97. The summed E-state index contributed by atoms with van der Waals surface area (Å²) in [5.41, 5.74) is 3.67. The van der Waals surface area contributed by atoms with E-state index in [1.54, 1.807) is 0 Å². The molecule has 1 atom stereocenters. The molecule has 98 valence electrons. The van der Waals surface area contributed by atoms with Crippen LogP contribution in [0.5, 0.6) is 0 Å². The Labute approximate surface area is 118 Å². The fourth-order valence-corrected chi connectivity index (χ4v) is 2.89. The third-order valence-corrected chi connectivity index (χ3v) is 4.30. The summed E-state index contributed by atoms with van der Waals surface area (Å²) in [6, 6.07) is 9.57. The van der Waals surface area contributed by atoms with Crippen LogP contribution in [0.15, 0.2) is 36.4 Å². The molecule has 4 heteroatoms. The molecule has 0 spiro atoms. The van der Waals surface area contributed by atoms with Gasteiger partial charge in [0.15, 0.2) is 0 Å². The number of benzene rings is 2. The van der Waals surface area contributed by atoms with Gasteiger partial charge >= 0.3 is 0 Å². The second-order valence-corrected chi connectivity index (χ2v) is 5.47. The maximum Gasteiger partial charge on any atom is 0.130 e. The average molecular weight is 325 g/mol. The quantitative estimate of drug-likeness (QED) is 0.740. The summed E-state index contributed by atoms with van der Waals surface area (Å²) >= 11 is 3.47. The summed E-state index contributed by atoms with van der Waals surface area (Å²) in [7, 11) is 0. The summed E-state index contributed by atoms with van der Waals surface area (Å²) < 4.78 is 32.0. The predicted octanol–water partition coefficient (Wildman–Crippen LogP) is 4.48. The lowest BCUT2D eigenvalue weighted by Crippen LogP contribution is -1.98. The number of fused-ring (bicyclic) bond motifs is 1. The molecule has 3 rings (SSSR count). The molecule has 2 aromatic carbocycles. The Morgan fingerprint density at radius 2 is 1.79 bits per heavy atom. The highest BCUT2D eigenvalue weighted by Crippen LogP contribution is 2.34. The SMILES string of the molecule is Fc1ccc(C(Br)c2ccc3c(c2)COC3)c(F)c1. The summed E-state index contributed by atoms with van der Waals surface area (Å²) in [4.78, 5) is -0.293. The number of halogens is 3. The van der Waals surface area contributed by atoms with E-state index in [9.17, 15) is 8.78 Å². The fourth-order valence-electron chi connectivity index (χ4n) is 2.24. The monoisotopic (exact) mass is 324 g/mol. The van der Waals surface area contributed by atoms with Crippen LogP contribution in [0.1, 0.15) is 27.1 Å². The molecule has 19 heavy (non-hydrogen) atoms. The Morgan fingerprint density at radius 1 is 1.00 bits per heavy atom. The zero-order valence-corrected chi connectivity index (χ0v) is 11.6. The topological polar surface area (TPSA) is 9.23 Å². The highest BCUT2D eigenvalue weighted by atomic mass is 79.9. The molecule has 0 bridgehead atoms. The minimum absolute atomic E-state index is 0.293. The number of hydrogen-bond donors (Lipinski definition) is 0. The predicted molar refractivity (Wildman–Crippen MR) is 72.1 cm³/mol. The summed E-state index contributed by atoms with van der Waals surface area (Å²) in [5.74, 6) is -1.11. The van der Waals surface area contributed by atoms with Gasteiger partial charge in [0, 0.05) is 11.6 Å². The Bertz CT molecular complexity index is 628. The lowest BCUT2D eigenvalue weighted by Gasteiger charge is -2.13. The number of ether oxygens (including phenoxy) is 1. The van der Waals surface area contributed by atoms with Crippen LogP contribution in [0.2, 0.25) is 0 Å². The molecular weight excluding hydrogens is 314 g/mol. The zero-order chi connectivity index (χ0) is 13.4. The van der Waals surface area contributed by atoms with Gasteiger partial charge in [0.1, 0.15) is 11.6 Å². The molecule has 0 saturated carbocycles. The lowest BCUT2D eigenvalue weighted by molar-refractivity contribution is 0.134. The molecule has 0 fully saturated rings. The van der Waals surface area contributed by atoms with Gasteiger partial charge < -0.3 is 4.74 Å². The lowest BCUT2D eigenvalue weighted by atomic mass is 10.00. The van der Waals surface area contributed by atoms with Crippen LogP contribution in [0.25, 0.3) is 0 Å². The largest absolute Gasteiger partial charge is 0.372 e. The zero-order valence-electron chi connectivity index (χ0n) is 10.00. The Morgan fingerprint density at radius 3 is 2.58 bits per heavy atom. The average Bonchev–Trinajstić information content (AvgIpc) is 2.85. The maximum atomic E-state index is 13.8. The van der Waals surface area contributed by atoms with Crippen LogP contribution in [0, 0.1) is 11.6 Å². The van der Waals surface area contributed by atoms with E-state index in [1.165, 1.54) is 17.7 Å². The Kier molecular flexibility index (Phi) is 3.37.